The second-order valence-electron chi connectivity index (χ2n) is 5.03. The van der Waals surface area contributed by atoms with E-state index in [9.17, 15) is 13.2 Å². The van der Waals surface area contributed by atoms with Gasteiger partial charge in [-0.2, -0.15) is 4.31 Å². The van der Waals surface area contributed by atoms with Crippen molar-refractivity contribution in [2.75, 3.05) is 6.54 Å². The van der Waals surface area contributed by atoms with E-state index < -0.39 is 28.1 Å². The van der Waals surface area contributed by atoms with Gasteiger partial charge in [0, 0.05) is 9.11 Å². The van der Waals surface area contributed by atoms with Crippen LogP contribution in [0.4, 0.5) is 0 Å². The highest BCUT2D eigenvalue weighted by Crippen LogP contribution is 2.24. The third-order valence-corrected chi connectivity index (χ3v) is 5.27. The Morgan fingerprint density at radius 3 is 2.11 bits per heavy atom. The first-order valence-electron chi connectivity index (χ1n) is 5.55. The summed E-state index contributed by atoms with van der Waals surface area (Å²) in [4.78, 5) is 11.0. The van der Waals surface area contributed by atoms with Gasteiger partial charge in [-0.3, -0.25) is 4.79 Å². The standard InChI is InChI=1S/C12H16INO4S/c1-12(2,3)14(8-11(15)16)19(17,18)10-6-4-9(13)5-7-10/h4-7H,8H2,1-3H3,(H,15,16). The fraction of sp³-hybridized carbons (Fsp3) is 0.417. The zero-order chi connectivity index (χ0) is 14.8. The molecule has 0 amide bonds. The highest BCUT2D eigenvalue weighted by Gasteiger charge is 2.35. The quantitative estimate of drug-likeness (QED) is 0.791. The lowest BCUT2D eigenvalue weighted by molar-refractivity contribution is -0.138. The summed E-state index contributed by atoms with van der Waals surface area (Å²) in [6.07, 6.45) is 0. The molecule has 0 saturated carbocycles. The van der Waals surface area contributed by atoms with Crippen molar-refractivity contribution < 1.29 is 18.3 Å². The van der Waals surface area contributed by atoms with E-state index in [-0.39, 0.29) is 4.90 Å². The molecule has 1 aromatic carbocycles. The van der Waals surface area contributed by atoms with Crippen molar-refractivity contribution in [3.8, 4) is 0 Å². The first-order chi connectivity index (χ1) is 8.55. The predicted molar refractivity (Wildman–Crippen MR) is 80.4 cm³/mol. The summed E-state index contributed by atoms with van der Waals surface area (Å²) in [5.41, 5.74) is -0.805. The molecule has 0 heterocycles. The molecule has 1 rings (SSSR count). The van der Waals surface area contributed by atoms with Gasteiger partial charge in [0.05, 0.1) is 4.90 Å². The van der Waals surface area contributed by atoms with Crippen molar-refractivity contribution in [3.63, 3.8) is 0 Å². The summed E-state index contributed by atoms with van der Waals surface area (Å²) in [6.45, 7) is 4.44. The van der Waals surface area contributed by atoms with Crippen molar-refractivity contribution in [1.29, 1.82) is 0 Å². The maximum atomic E-state index is 12.5. The van der Waals surface area contributed by atoms with Crippen LogP contribution in [0.3, 0.4) is 0 Å². The average Bonchev–Trinajstić information content (AvgIpc) is 2.24. The molecular weight excluding hydrogens is 381 g/mol. The van der Waals surface area contributed by atoms with E-state index in [1.54, 1.807) is 32.9 Å². The lowest BCUT2D eigenvalue weighted by Crippen LogP contribution is -2.48. The van der Waals surface area contributed by atoms with Gasteiger partial charge in [-0.1, -0.05) is 0 Å². The third-order valence-electron chi connectivity index (χ3n) is 2.43. The molecule has 0 aliphatic rings. The van der Waals surface area contributed by atoms with Crippen molar-refractivity contribution >= 4 is 38.6 Å². The Balaban J connectivity index is 3.27. The predicted octanol–water partition coefficient (Wildman–Crippen LogP) is 2.17. The number of carboxylic acid groups (broad SMARTS) is 1. The van der Waals surface area contributed by atoms with Gasteiger partial charge in [0.1, 0.15) is 6.54 Å². The molecular formula is C12H16INO4S. The second kappa shape index (κ2) is 5.76. The molecule has 1 aromatic rings. The molecule has 0 aromatic heterocycles. The Kier molecular flexibility index (Phi) is 4.97. The second-order valence-corrected chi connectivity index (χ2v) is 8.14. The van der Waals surface area contributed by atoms with Crippen molar-refractivity contribution in [1.82, 2.24) is 4.31 Å². The van der Waals surface area contributed by atoms with Crippen molar-refractivity contribution in [2.24, 2.45) is 0 Å². The maximum Gasteiger partial charge on any atom is 0.318 e. The van der Waals surface area contributed by atoms with Gasteiger partial charge in [-0.15, -0.1) is 0 Å². The largest absolute Gasteiger partial charge is 0.480 e. The minimum absolute atomic E-state index is 0.101. The first-order valence-corrected chi connectivity index (χ1v) is 8.07. The van der Waals surface area contributed by atoms with E-state index in [2.05, 4.69) is 22.6 Å². The molecule has 0 radical (unpaired) electrons. The highest BCUT2D eigenvalue weighted by atomic mass is 127. The number of nitrogens with zero attached hydrogens (tertiary/aromatic N) is 1. The van der Waals surface area contributed by atoms with Crippen LogP contribution in [-0.4, -0.2) is 35.9 Å². The number of aliphatic carboxylic acids is 1. The summed E-state index contributed by atoms with van der Waals surface area (Å²) in [7, 11) is -3.82. The van der Waals surface area contributed by atoms with Crippen LogP contribution in [0.5, 0.6) is 0 Å². The summed E-state index contributed by atoms with van der Waals surface area (Å²) >= 11 is 2.08. The van der Waals surface area contributed by atoms with E-state index in [1.807, 2.05) is 0 Å². The van der Waals surface area contributed by atoms with Crippen LogP contribution in [0.25, 0.3) is 0 Å². The Bertz CT molecular complexity index is 560. The maximum absolute atomic E-state index is 12.5. The Morgan fingerprint density at radius 1 is 1.26 bits per heavy atom. The van der Waals surface area contributed by atoms with Crippen LogP contribution in [0.15, 0.2) is 29.2 Å². The van der Waals surface area contributed by atoms with Gasteiger partial charge in [-0.05, 0) is 67.6 Å². The Morgan fingerprint density at radius 2 is 1.74 bits per heavy atom. The van der Waals surface area contributed by atoms with Crippen LogP contribution in [0.1, 0.15) is 20.8 Å². The molecule has 0 unspecified atom stereocenters. The fourth-order valence-electron chi connectivity index (χ4n) is 1.54. The SMILES string of the molecule is CC(C)(C)N(CC(=O)O)S(=O)(=O)c1ccc(I)cc1. The number of carbonyl (C=O) groups is 1. The number of halogens is 1. The van der Waals surface area contributed by atoms with E-state index in [0.717, 1.165) is 7.88 Å². The summed E-state index contributed by atoms with van der Waals surface area (Å²) < 4.78 is 26.9. The molecule has 19 heavy (non-hydrogen) atoms. The Labute approximate surface area is 126 Å². The number of carboxylic acids is 1. The van der Waals surface area contributed by atoms with Gasteiger partial charge in [0.15, 0.2) is 0 Å². The molecule has 7 heteroatoms. The molecule has 0 aliphatic carbocycles. The van der Waals surface area contributed by atoms with Gasteiger partial charge < -0.3 is 5.11 Å². The molecule has 0 bridgehead atoms. The number of sulfonamides is 1. The van der Waals surface area contributed by atoms with E-state index >= 15 is 0 Å². The van der Waals surface area contributed by atoms with E-state index in [4.69, 9.17) is 5.11 Å². The molecule has 0 aliphatic heterocycles. The zero-order valence-electron chi connectivity index (χ0n) is 10.9. The number of hydrogen-bond donors (Lipinski definition) is 1. The molecule has 0 atom stereocenters. The molecule has 1 N–H and O–H groups in total. The normalized spacial score (nSPS) is 12.7. The number of hydrogen-bond acceptors (Lipinski definition) is 3. The van der Waals surface area contributed by atoms with Crippen molar-refractivity contribution in [2.45, 2.75) is 31.2 Å². The summed E-state index contributed by atoms with van der Waals surface area (Å²) in [5.74, 6) is -1.18. The molecule has 0 spiro atoms. The lowest BCUT2D eigenvalue weighted by Gasteiger charge is -2.33. The topological polar surface area (TPSA) is 74.7 Å². The number of rotatable bonds is 4. The van der Waals surface area contributed by atoms with Crippen LogP contribution in [0.2, 0.25) is 0 Å². The number of benzene rings is 1. The molecule has 0 saturated heterocycles. The lowest BCUT2D eigenvalue weighted by atomic mass is 10.1. The first kappa shape index (κ1) is 16.4. The monoisotopic (exact) mass is 397 g/mol. The van der Waals surface area contributed by atoms with Crippen LogP contribution in [0, 0.1) is 3.57 Å². The van der Waals surface area contributed by atoms with Gasteiger partial charge in [-0.25, -0.2) is 8.42 Å². The molecule has 0 fully saturated rings. The van der Waals surface area contributed by atoms with Gasteiger partial charge in [0.2, 0.25) is 10.0 Å². The average molecular weight is 397 g/mol. The molecule has 5 nitrogen and oxygen atoms in total. The minimum Gasteiger partial charge on any atom is -0.480 e. The minimum atomic E-state index is -3.82. The van der Waals surface area contributed by atoms with Crippen LogP contribution in [-0.2, 0) is 14.8 Å². The van der Waals surface area contributed by atoms with Crippen LogP contribution < -0.4 is 0 Å². The summed E-state index contributed by atoms with van der Waals surface area (Å²) in [6, 6.07) is 6.32. The smallest absolute Gasteiger partial charge is 0.318 e. The zero-order valence-corrected chi connectivity index (χ0v) is 13.9. The van der Waals surface area contributed by atoms with E-state index in [1.165, 1.54) is 12.1 Å². The third kappa shape index (κ3) is 4.15. The summed E-state index contributed by atoms with van der Waals surface area (Å²) in [5, 5.41) is 8.89. The van der Waals surface area contributed by atoms with Gasteiger partial charge >= 0.3 is 5.97 Å². The van der Waals surface area contributed by atoms with Crippen LogP contribution >= 0.6 is 22.6 Å². The van der Waals surface area contributed by atoms with Crippen molar-refractivity contribution in [3.05, 3.63) is 27.8 Å². The Hall–Kier alpha value is -0.670. The van der Waals surface area contributed by atoms with E-state index in [0.29, 0.717) is 0 Å². The fourth-order valence-corrected chi connectivity index (χ4v) is 3.63. The van der Waals surface area contributed by atoms with Gasteiger partial charge in [0.25, 0.3) is 0 Å². The highest BCUT2D eigenvalue weighted by molar-refractivity contribution is 14.1. The molecule has 106 valence electrons.